The normalized spacial score (nSPS) is 17.2. The predicted molar refractivity (Wildman–Crippen MR) is 91.0 cm³/mol. The third-order valence-electron chi connectivity index (χ3n) is 4.08. The lowest BCUT2D eigenvalue weighted by Gasteiger charge is -2.33. The average molecular weight is 306 g/mol. The zero-order chi connectivity index (χ0) is 15.8. The highest BCUT2D eigenvalue weighted by Crippen LogP contribution is 2.29. The molecular weight excluding hydrogens is 276 g/mol. The molecule has 0 radical (unpaired) electrons. The van der Waals surface area contributed by atoms with Crippen LogP contribution in [0, 0.1) is 0 Å². The minimum Gasteiger partial charge on any atom is -0.490 e. The Morgan fingerprint density at radius 1 is 1.14 bits per heavy atom. The van der Waals surface area contributed by atoms with Gasteiger partial charge in [0.2, 0.25) is 0 Å². The summed E-state index contributed by atoms with van der Waals surface area (Å²) in [5.41, 5.74) is 1.32. The number of ether oxygens (including phenoxy) is 2. The minimum absolute atomic E-state index is 0.555. The molecule has 1 fully saturated rings. The van der Waals surface area contributed by atoms with Gasteiger partial charge in [-0.05, 0) is 44.4 Å². The van der Waals surface area contributed by atoms with Gasteiger partial charge in [0.05, 0.1) is 13.2 Å². The van der Waals surface area contributed by atoms with Crippen molar-refractivity contribution < 1.29 is 9.47 Å². The van der Waals surface area contributed by atoms with Crippen molar-refractivity contribution in [2.75, 3.05) is 39.4 Å². The Morgan fingerprint density at radius 3 is 2.59 bits per heavy atom. The summed E-state index contributed by atoms with van der Waals surface area (Å²) in [6.45, 7) is 12.3. The van der Waals surface area contributed by atoms with E-state index in [9.17, 15) is 0 Å². The fourth-order valence-corrected chi connectivity index (χ4v) is 2.87. The molecule has 124 valence electrons. The van der Waals surface area contributed by atoms with Crippen molar-refractivity contribution >= 4 is 0 Å². The number of nitrogens with one attached hydrogen (secondary N) is 1. The van der Waals surface area contributed by atoms with Crippen LogP contribution in [0.15, 0.2) is 18.2 Å². The van der Waals surface area contributed by atoms with Crippen molar-refractivity contribution in [2.24, 2.45) is 0 Å². The second-order valence-corrected chi connectivity index (χ2v) is 5.90. The molecule has 0 bridgehead atoms. The number of rotatable bonds is 8. The van der Waals surface area contributed by atoms with Gasteiger partial charge in [0, 0.05) is 32.2 Å². The van der Waals surface area contributed by atoms with Crippen LogP contribution in [0.5, 0.6) is 11.5 Å². The third-order valence-corrected chi connectivity index (χ3v) is 4.08. The van der Waals surface area contributed by atoms with Crippen molar-refractivity contribution in [3.05, 3.63) is 23.8 Å². The Hall–Kier alpha value is -1.26. The van der Waals surface area contributed by atoms with Crippen LogP contribution in [-0.4, -0.2) is 50.3 Å². The van der Waals surface area contributed by atoms with Crippen molar-refractivity contribution in [2.45, 2.75) is 39.7 Å². The van der Waals surface area contributed by atoms with Gasteiger partial charge in [-0.2, -0.15) is 0 Å². The molecule has 0 saturated carbocycles. The molecule has 0 amide bonds. The lowest BCUT2D eigenvalue weighted by molar-refractivity contribution is 0.183. The quantitative estimate of drug-likeness (QED) is 0.801. The minimum atomic E-state index is 0.555. The van der Waals surface area contributed by atoms with Crippen LogP contribution in [0.4, 0.5) is 0 Å². The molecule has 1 aromatic rings. The van der Waals surface area contributed by atoms with Crippen molar-refractivity contribution in [3.63, 3.8) is 0 Å². The number of hydrogen-bond donors (Lipinski definition) is 1. The van der Waals surface area contributed by atoms with E-state index in [4.69, 9.17) is 9.47 Å². The van der Waals surface area contributed by atoms with Gasteiger partial charge in [-0.3, -0.25) is 4.90 Å². The SMILES string of the molecule is CCCOc1ccc(CC(C)N2CCNCC2)cc1OCC. The van der Waals surface area contributed by atoms with Crippen LogP contribution < -0.4 is 14.8 Å². The van der Waals surface area contributed by atoms with Crippen LogP contribution in [0.1, 0.15) is 32.8 Å². The van der Waals surface area contributed by atoms with Gasteiger partial charge in [-0.1, -0.05) is 13.0 Å². The molecule has 1 atom stereocenters. The number of benzene rings is 1. The Kier molecular flexibility index (Phi) is 7.00. The van der Waals surface area contributed by atoms with E-state index in [0.29, 0.717) is 12.6 Å². The van der Waals surface area contributed by atoms with Gasteiger partial charge >= 0.3 is 0 Å². The molecule has 1 N–H and O–H groups in total. The zero-order valence-electron chi connectivity index (χ0n) is 14.2. The molecule has 22 heavy (non-hydrogen) atoms. The highest BCUT2D eigenvalue weighted by atomic mass is 16.5. The van der Waals surface area contributed by atoms with E-state index in [2.05, 4.69) is 42.3 Å². The van der Waals surface area contributed by atoms with Gasteiger partial charge in [0.15, 0.2) is 11.5 Å². The maximum absolute atomic E-state index is 5.77. The fourth-order valence-electron chi connectivity index (χ4n) is 2.87. The van der Waals surface area contributed by atoms with E-state index < -0.39 is 0 Å². The average Bonchev–Trinajstić information content (AvgIpc) is 2.55. The molecule has 2 rings (SSSR count). The summed E-state index contributed by atoms with van der Waals surface area (Å²) >= 11 is 0. The van der Waals surface area contributed by atoms with E-state index in [0.717, 1.165) is 57.1 Å². The van der Waals surface area contributed by atoms with Crippen LogP contribution in [0.3, 0.4) is 0 Å². The lowest BCUT2D eigenvalue weighted by atomic mass is 10.0. The molecule has 1 heterocycles. The Morgan fingerprint density at radius 2 is 1.91 bits per heavy atom. The molecule has 1 saturated heterocycles. The highest BCUT2D eigenvalue weighted by molar-refractivity contribution is 5.43. The van der Waals surface area contributed by atoms with Gasteiger partial charge in [0.1, 0.15) is 0 Å². The van der Waals surface area contributed by atoms with Crippen LogP contribution in [-0.2, 0) is 6.42 Å². The summed E-state index contributed by atoms with van der Waals surface area (Å²) < 4.78 is 11.5. The molecule has 0 aliphatic carbocycles. The van der Waals surface area contributed by atoms with Gasteiger partial charge in [0.25, 0.3) is 0 Å². The topological polar surface area (TPSA) is 33.7 Å². The molecular formula is C18H30N2O2. The smallest absolute Gasteiger partial charge is 0.161 e. The maximum Gasteiger partial charge on any atom is 0.161 e. The van der Waals surface area contributed by atoms with Crippen molar-refractivity contribution in [1.29, 1.82) is 0 Å². The molecule has 1 aliphatic heterocycles. The van der Waals surface area contributed by atoms with Crippen molar-refractivity contribution in [3.8, 4) is 11.5 Å². The molecule has 4 heteroatoms. The summed E-state index contributed by atoms with van der Waals surface area (Å²) in [5.74, 6) is 1.74. The number of nitrogens with zero attached hydrogens (tertiary/aromatic N) is 1. The third kappa shape index (κ3) is 4.89. The molecule has 4 nitrogen and oxygen atoms in total. The first-order chi connectivity index (χ1) is 10.7. The molecule has 1 aliphatic rings. The number of hydrogen-bond acceptors (Lipinski definition) is 4. The Balaban J connectivity index is 2.01. The maximum atomic E-state index is 5.77. The summed E-state index contributed by atoms with van der Waals surface area (Å²) in [6.07, 6.45) is 2.06. The standard InChI is InChI=1S/C18H30N2O2/c1-4-12-22-17-7-6-16(14-18(17)21-5-2)13-15(3)20-10-8-19-9-11-20/h6-7,14-15,19H,4-5,8-13H2,1-3H3. The highest BCUT2D eigenvalue weighted by Gasteiger charge is 2.17. The number of piperazine rings is 1. The van der Waals surface area contributed by atoms with Crippen LogP contribution in [0.2, 0.25) is 0 Å². The van der Waals surface area contributed by atoms with E-state index in [1.54, 1.807) is 0 Å². The summed E-state index contributed by atoms with van der Waals surface area (Å²) in [6, 6.07) is 6.93. The second kappa shape index (κ2) is 9.01. The van der Waals surface area contributed by atoms with E-state index in [-0.39, 0.29) is 0 Å². The fraction of sp³-hybridized carbons (Fsp3) is 0.667. The van der Waals surface area contributed by atoms with Gasteiger partial charge < -0.3 is 14.8 Å². The summed E-state index contributed by atoms with van der Waals surface area (Å²) in [4.78, 5) is 2.55. The first-order valence-corrected chi connectivity index (χ1v) is 8.57. The zero-order valence-corrected chi connectivity index (χ0v) is 14.2. The largest absolute Gasteiger partial charge is 0.490 e. The summed E-state index contributed by atoms with van der Waals surface area (Å²) in [7, 11) is 0. The molecule has 0 spiro atoms. The summed E-state index contributed by atoms with van der Waals surface area (Å²) in [5, 5.41) is 3.41. The predicted octanol–water partition coefficient (Wildman–Crippen LogP) is 2.71. The van der Waals surface area contributed by atoms with Gasteiger partial charge in [-0.15, -0.1) is 0 Å². The van der Waals surface area contributed by atoms with E-state index in [1.807, 2.05) is 6.92 Å². The monoisotopic (exact) mass is 306 g/mol. The molecule has 1 unspecified atom stereocenters. The van der Waals surface area contributed by atoms with Crippen LogP contribution >= 0.6 is 0 Å². The Bertz CT molecular complexity index is 445. The molecule has 0 aromatic heterocycles. The van der Waals surface area contributed by atoms with Crippen molar-refractivity contribution in [1.82, 2.24) is 10.2 Å². The second-order valence-electron chi connectivity index (χ2n) is 5.90. The van der Waals surface area contributed by atoms with Crippen LogP contribution in [0.25, 0.3) is 0 Å². The lowest BCUT2D eigenvalue weighted by Crippen LogP contribution is -2.48. The first-order valence-electron chi connectivity index (χ1n) is 8.57. The first kappa shape index (κ1) is 17.1. The Labute approximate surface area is 134 Å². The van der Waals surface area contributed by atoms with E-state index >= 15 is 0 Å². The van der Waals surface area contributed by atoms with Gasteiger partial charge in [-0.25, -0.2) is 0 Å². The molecule has 1 aromatic carbocycles. The van der Waals surface area contributed by atoms with E-state index in [1.165, 1.54) is 5.56 Å².